The Balaban J connectivity index is 0. The van der Waals surface area contributed by atoms with Crippen molar-refractivity contribution >= 4 is 45.5 Å². The molecule has 6 N–H and O–H groups in total. The third kappa shape index (κ3) is 27.6. The quantitative estimate of drug-likeness (QED) is 0.432. The molecule has 0 aliphatic heterocycles. The van der Waals surface area contributed by atoms with Crippen LogP contribution in [0.5, 0.6) is 0 Å². The molecule has 0 saturated heterocycles. The van der Waals surface area contributed by atoms with Crippen molar-refractivity contribution in [2.75, 3.05) is 0 Å². The van der Waals surface area contributed by atoms with Crippen LogP contribution in [0.25, 0.3) is 0 Å². The van der Waals surface area contributed by atoms with Gasteiger partial charge in [0, 0.05) is 52.7 Å². The minimum absolute atomic E-state index is 0. The van der Waals surface area contributed by atoms with Gasteiger partial charge in [-0.3, -0.25) is 0 Å². The van der Waals surface area contributed by atoms with Crippen molar-refractivity contribution in [1.82, 2.24) is 0 Å². The zero-order chi connectivity index (χ0) is 0. The van der Waals surface area contributed by atoms with E-state index in [0.717, 1.165) is 0 Å². The molecule has 0 heterocycles. The summed E-state index contributed by atoms with van der Waals surface area (Å²) in [5, 5.41) is 0. The van der Waals surface area contributed by atoms with Crippen LogP contribution in [0.4, 0.5) is 0 Å². The molecule has 3 nitrogen and oxygen atoms in total. The van der Waals surface area contributed by atoms with Crippen LogP contribution in [0.15, 0.2) is 0 Å². The van der Waals surface area contributed by atoms with E-state index in [2.05, 4.69) is 0 Å². The molecule has 38 valence electrons. The van der Waals surface area contributed by atoms with Gasteiger partial charge in [-0.05, 0) is 0 Å². The van der Waals surface area contributed by atoms with Gasteiger partial charge in [-0.2, -0.15) is 0 Å². The largest absolute Gasteiger partial charge is 2.00 e. The van der Waals surface area contributed by atoms with E-state index in [-0.39, 0.29) is 117 Å². The zero-order valence-electron chi connectivity index (χ0n) is 5.16. The Morgan fingerprint density at radius 2 is 0.833 bits per heavy atom. The molecule has 0 bridgehead atoms. The van der Waals surface area contributed by atoms with Crippen molar-refractivity contribution < 1.29 is 71.9 Å². The first-order chi connectivity index (χ1) is 0. The molecule has 0 aliphatic rings. The molecule has 0 spiro atoms. The van der Waals surface area contributed by atoms with Gasteiger partial charge in [-0.1, -0.05) is 0 Å². The standard InChI is InChI=1S/La.Mn.3H2O.Sr.2H/h;;3*1H2;;;/q;;;;;+2;2*-1. The predicted molar refractivity (Wildman–Crippen MR) is 18.8 cm³/mol. The van der Waals surface area contributed by atoms with Gasteiger partial charge >= 0.3 is 45.5 Å². The molecule has 6 heteroatoms. The third-order valence-corrected chi connectivity index (χ3v) is 0. The van der Waals surface area contributed by atoms with Gasteiger partial charge < -0.3 is 19.3 Å². The molecule has 6 heavy (non-hydrogen) atoms. The average Bonchev–Trinajstić information content (AvgIpc) is 0. The topological polar surface area (TPSA) is 94.5 Å². The average molecular weight is 338 g/mol. The first kappa shape index (κ1) is 62.6. The van der Waals surface area contributed by atoms with Crippen LogP contribution in [0.1, 0.15) is 2.85 Å². The van der Waals surface area contributed by atoms with Crippen LogP contribution < -0.4 is 0 Å². The third-order valence-electron chi connectivity index (χ3n) is 0. The van der Waals surface area contributed by atoms with Crippen LogP contribution >= 0.6 is 0 Å². The second-order valence-corrected chi connectivity index (χ2v) is 0. The Kier molecular flexibility index (Phi) is 446. The molecule has 0 amide bonds. The smallest absolute Gasteiger partial charge is 1.00 e. The minimum Gasteiger partial charge on any atom is -1.00 e. The van der Waals surface area contributed by atoms with Gasteiger partial charge in [0.25, 0.3) is 0 Å². The Morgan fingerprint density at radius 3 is 0.833 bits per heavy atom. The van der Waals surface area contributed by atoms with Crippen molar-refractivity contribution in [3.05, 3.63) is 0 Å². The summed E-state index contributed by atoms with van der Waals surface area (Å²) in [4.78, 5) is 0. The van der Waals surface area contributed by atoms with Crippen LogP contribution in [0, 0.1) is 35.6 Å². The van der Waals surface area contributed by atoms with E-state index in [9.17, 15) is 0 Å². The molecule has 0 aromatic rings. The molecular weight excluding hydrogens is 329 g/mol. The molecule has 2 radical (unpaired) electrons. The summed E-state index contributed by atoms with van der Waals surface area (Å²) >= 11 is 0. The Hall–Kier alpha value is 3.07. The van der Waals surface area contributed by atoms with Gasteiger partial charge in [-0.25, -0.2) is 0 Å². The number of hydrogen-bond donors (Lipinski definition) is 0. The fraction of sp³-hybridized carbons (Fsp3) is 0. The number of hydrogen-bond acceptors (Lipinski definition) is 0. The summed E-state index contributed by atoms with van der Waals surface area (Å²) in [5.41, 5.74) is 0. The first-order valence-electron chi connectivity index (χ1n) is 0. The molecular formula is H8LaMnO3Sr. The SMILES string of the molecule is O.O.O.[H-].[H-].[La].[Mn].[Sr+2]. The predicted octanol–water partition coefficient (Wildman–Crippen LogP) is -2.63. The molecule has 0 aliphatic carbocycles. The van der Waals surface area contributed by atoms with E-state index in [4.69, 9.17) is 0 Å². The molecule has 0 saturated carbocycles. The van der Waals surface area contributed by atoms with Gasteiger partial charge in [0.1, 0.15) is 0 Å². The second kappa shape index (κ2) is 42.7. The van der Waals surface area contributed by atoms with E-state index < -0.39 is 0 Å². The van der Waals surface area contributed by atoms with E-state index in [1.54, 1.807) is 0 Å². The van der Waals surface area contributed by atoms with Gasteiger partial charge in [-0.15, -0.1) is 0 Å². The van der Waals surface area contributed by atoms with Crippen LogP contribution in [-0.2, 0) is 17.1 Å². The fourth-order valence-electron chi connectivity index (χ4n) is 0. The first-order valence-corrected chi connectivity index (χ1v) is 0. The molecule has 0 fully saturated rings. The molecule has 0 unspecified atom stereocenters. The van der Waals surface area contributed by atoms with Gasteiger partial charge in [0.05, 0.1) is 0 Å². The number of rotatable bonds is 0. The summed E-state index contributed by atoms with van der Waals surface area (Å²) in [6.45, 7) is 0. The van der Waals surface area contributed by atoms with Crippen molar-refractivity contribution in [3.8, 4) is 0 Å². The molecule has 0 aromatic heterocycles. The maximum absolute atomic E-state index is 0. The van der Waals surface area contributed by atoms with Crippen molar-refractivity contribution in [3.63, 3.8) is 0 Å². The van der Waals surface area contributed by atoms with Crippen molar-refractivity contribution in [2.24, 2.45) is 0 Å². The maximum Gasteiger partial charge on any atom is 2.00 e. The summed E-state index contributed by atoms with van der Waals surface area (Å²) < 4.78 is 0. The second-order valence-electron chi connectivity index (χ2n) is 0. The summed E-state index contributed by atoms with van der Waals surface area (Å²) in [7, 11) is 0. The van der Waals surface area contributed by atoms with Crippen molar-refractivity contribution in [1.29, 1.82) is 0 Å². The Labute approximate surface area is 115 Å². The van der Waals surface area contributed by atoms with Crippen molar-refractivity contribution in [2.45, 2.75) is 0 Å². The van der Waals surface area contributed by atoms with E-state index in [1.807, 2.05) is 0 Å². The van der Waals surface area contributed by atoms with Crippen LogP contribution in [-0.4, -0.2) is 61.9 Å². The van der Waals surface area contributed by atoms with Crippen LogP contribution in [0.2, 0.25) is 0 Å². The minimum atomic E-state index is 0. The molecule has 0 aromatic carbocycles. The van der Waals surface area contributed by atoms with E-state index in [1.165, 1.54) is 0 Å². The summed E-state index contributed by atoms with van der Waals surface area (Å²) in [6, 6.07) is 0. The summed E-state index contributed by atoms with van der Waals surface area (Å²) in [6.07, 6.45) is 0. The molecule has 0 atom stereocenters. The maximum atomic E-state index is 0. The normalized spacial score (nSPS) is 0. The fourth-order valence-corrected chi connectivity index (χ4v) is 0. The van der Waals surface area contributed by atoms with E-state index in [0.29, 0.717) is 0 Å². The van der Waals surface area contributed by atoms with Crippen LogP contribution in [0.3, 0.4) is 0 Å². The zero-order valence-corrected chi connectivity index (χ0v) is 11.4. The Bertz CT molecular complexity index is 17.2. The monoisotopic (exact) mass is 338 g/mol. The summed E-state index contributed by atoms with van der Waals surface area (Å²) in [5.74, 6) is 0. The van der Waals surface area contributed by atoms with Gasteiger partial charge in [0.15, 0.2) is 0 Å². The molecule has 0 rings (SSSR count). The van der Waals surface area contributed by atoms with E-state index >= 15 is 0 Å². The van der Waals surface area contributed by atoms with Gasteiger partial charge in [0.2, 0.25) is 0 Å². The Morgan fingerprint density at radius 1 is 0.833 bits per heavy atom.